The lowest BCUT2D eigenvalue weighted by Crippen LogP contribution is -2.50. The maximum absolute atomic E-state index is 13.5. The van der Waals surface area contributed by atoms with Gasteiger partial charge in [0, 0.05) is 50.6 Å². The topological polar surface area (TPSA) is 64.0 Å². The minimum Gasteiger partial charge on any atom is -0.493 e. The van der Waals surface area contributed by atoms with Crippen LogP contribution in [0.15, 0.2) is 54.6 Å². The molecule has 3 aromatic rings. The van der Waals surface area contributed by atoms with Crippen LogP contribution in [0.5, 0.6) is 11.5 Å². The number of carbonyl (C=O) groups is 2. The molecule has 1 fully saturated rings. The number of piperazine rings is 1. The number of amides is 2. The molecule has 33 heavy (non-hydrogen) atoms. The number of ether oxygens (including phenoxy) is 2. The molecule has 0 aliphatic carbocycles. The molecule has 172 valence electrons. The molecular formula is C26H29N3O4. The Hall–Kier alpha value is -3.74. The normalized spacial score (nSPS) is 13.7. The van der Waals surface area contributed by atoms with Crippen molar-refractivity contribution in [2.45, 2.75) is 13.8 Å². The maximum Gasteiger partial charge on any atom is 0.255 e. The summed E-state index contributed by atoms with van der Waals surface area (Å²) in [4.78, 5) is 28.8. The van der Waals surface area contributed by atoms with E-state index in [1.165, 1.54) is 0 Å². The van der Waals surface area contributed by atoms with Crippen molar-refractivity contribution in [2.75, 3.05) is 40.4 Å². The van der Waals surface area contributed by atoms with E-state index >= 15 is 0 Å². The number of methoxy groups -OCH3 is 2. The number of hydrogen-bond acceptors (Lipinski definition) is 4. The van der Waals surface area contributed by atoms with Crippen LogP contribution < -0.4 is 9.47 Å². The van der Waals surface area contributed by atoms with Crippen molar-refractivity contribution in [3.63, 3.8) is 0 Å². The zero-order valence-corrected chi connectivity index (χ0v) is 19.5. The Balaban J connectivity index is 1.77. The van der Waals surface area contributed by atoms with Gasteiger partial charge < -0.3 is 23.8 Å². The Morgan fingerprint density at radius 2 is 1.45 bits per heavy atom. The predicted octanol–water partition coefficient (Wildman–Crippen LogP) is 3.77. The average molecular weight is 448 g/mol. The minimum absolute atomic E-state index is 0.0212. The second-order valence-corrected chi connectivity index (χ2v) is 8.07. The molecule has 7 heteroatoms. The number of benzene rings is 2. The summed E-state index contributed by atoms with van der Waals surface area (Å²) in [6.45, 7) is 5.70. The van der Waals surface area contributed by atoms with Crippen molar-refractivity contribution in [1.29, 1.82) is 0 Å². The van der Waals surface area contributed by atoms with E-state index in [9.17, 15) is 9.59 Å². The highest BCUT2D eigenvalue weighted by Gasteiger charge is 2.27. The van der Waals surface area contributed by atoms with Gasteiger partial charge in [0.2, 0.25) is 5.91 Å². The third kappa shape index (κ3) is 4.31. The van der Waals surface area contributed by atoms with E-state index in [1.54, 1.807) is 26.0 Å². The molecule has 2 amide bonds. The molecule has 4 rings (SSSR count). The third-order valence-corrected chi connectivity index (χ3v) is 6.18. The molecule has 0 N–H and O–H groups in total. The van der Waals surface area contributed by atoms with Crippen LogP contribution in [-0.4, -0.2) is 66.6 Å². The number of hydrogen-bond donors (Lipinski definition) is 0. The van der Waals surface area contributed by atoms with Gasteiger partial charge in [-0.25, -0.2) is 0 Å². The molecule has 7 nitrogen and oxygen atoms in total. The number of nitrogens with zero attached hydrogens (tertiary/aromatic N) is 3. The number of rotatable bonds is 5. The summed E-state index contributed by atoms with van der Waals surface area (Å²) in [6.07, 6.45) is 0. The Morgan fingerprint density at radius 3 is 2.06 bits per heavy atom. The van der Waals surface area contributed by atoms with Crippen LogP contribution in [0.3, 0.4) is 0 Å². The first-order valence-corrected chi connectivity index (χ1v) is 11.0. The van der Waals surface area contributed by atoms with E-state index in [2.05, 4.69) is 4.57 Å². The van der Waals surface area contributed by atoms with Crippen molar-refractivity contribution in [3.05, 3.63) is 65.9 Å². The fourth-order valence-electron chi connectivity index (χ4n) is 4.34. The summed E-state index contributed by atoms with van der Waals surface area (Å²) in [7, 11) is 3.22. The van der Waals surface area contributed by atoms with E-state index < -0.39 is 0 Å². The lowest BCUT2D eigenvalue weighted by atomic mass is 10.1. The zero-order chi connectivity index (χ0) is 23.5. The first-order valence-electron chi connectivity index (χ1n) is 11.0. The van der Waals surface area contributed by atoms with E-state index in [4.69, 9.17) is 9.47 Å². The van der Waals surface area contributed by atoms with Crippen LogP contribution in [-0.2, 0) is 4.79 Å². The van der Waals surface area contributed by atoms with Crippen LogP contribution in [0.4, 0.5) is 0 Å². The first-order chi connectivity index (χ1) is 15.9. The molecule has 1 aliphatic rings. The van der Waals surface area contributed by atoms with E-state index in [0.717, 1.165) is 22.6 Å². The van der Waals surface area contributed by atoms with Crippen molar-refractivity contribution in [1.82, 2.24) is 14.4 Å². The molecule has 0 spiro atoms. The Kier molecular flexibility index (Phi) is 6.40. The summed E-state index contributed by atoms with van der Waals surface area (Å²) in [5, 5.41) is 0. The first kappa shape index (κ1) is 22.5. The van der Waals surface area contributed by atoms with Crippen LogP contribution in [0.25, 0.3) is 16.9 Å². The van der Waals surface area contributed by atoms with Gasteiger partial charge in [-0.3, -0.25) is 9.59 Å². The van der Waals surface area contributed by atoms with Gasteiger partial charge in [-0.2, -0.15) is 0 Å². The summed E-state index contributed by atoms with van der Waals surface area (Å²) in [5.41, 5.74) is 4.31. The fraction of sp³-hybridized carbons (Fsp3) is 0.308. The van der Waals surface area contributed by atoms with Crippen LogP contribution >= 0.6 is 0 Å². The Labute approximate surface area is 194 Å². The van der Waals surface area contributed by atoms with Crippen LogP contribution in [0.2, 0.25) is 0 Å². The van der Waals surface area contributed by atoms with Gasteiger partial charge >= 0.3 is 0 Å². The van der Waals surface area contributed by atoms with E-state index in [0.29, 0.717) is 43.2 Å². The molecule has 0 unspecified atom stereocenters. The number of aromatic nitrogens is 1. The minimum atomic E-state index is -0.0212. The van der Waals surface area contributed by atoms with Crippen molar-refractivity contribution >= 4 is 11.8 Å². The molecular weight excluding hydrogens is 418 g/mol. The fourth-order valence-corrected chi connectivity index (χ4v) is 4.34. The smallest absolute Gasteiger partial charge is 0.255 e. The molecule has 1 saturated heterocycles. The van der Waals surface area contributed by atoms with E-state index in [-0.39, 0.29) is 11.8 Å². The standard InChI is InChI=1S/C26H29N3O4/c1-18-22(26(31)28-14-12-27(13-15-28)19(2)30)17-23(20-8-6-5-7-9-20)29(18)21-10-11-24(32-3)25(16-21)33-4/h5-11,16-17H,12-15H2,1-4H3. The molecule has 0 saturated carbocycles. The second kappa shape index (κ2) is 9.40. The Morgan fingerprint density at radius 1 is 0.818 bits per heavy atom. The second-order valence-electron chi connectivity index (χ2n) is 8.07. The highest BCUT2D eigenvalue weighted by atomic mass is 16.5. The lowest BCUT2D eigenvalue weighted by Gasteiger charge is -2.34. The summed E-state index contributed by atoms with van der Waals surface area (Å²) < 4.78 is 13.0. The van der Waals surface area contributed by atoms with Gasteiger partial charge in [0.25, 0.3) is 5.91 Å². The van der Waals surface area contributed by atoms with Gasteiger partial charge in [0.05, 0.1) is 25.5 Å². The lowest BCUT2D eigenvalue weighted by molar-refractivity contribution is -0.130. The van der Waals surface area contributed by atoms with Crippen molar-refractivity contribution in [2.24, 2.45) is 0 Å². The zero-order valence-electron chi connectivity index (χ0n) is 19.5. The monoisotopic (exact) mass is 447 g/mol. The Bertz CT molecular complexity index is 1160. The number of carbonyl (C=O) groups excluding carboxylic acids is 2. The molecule has 0 bridgehead atoms. The van der Waals surface area contributed by atoms with Crippen LogP contribution in [0.1, 0.15) is 23.0 Å². The SMILES string of the molecule is COc1ccc(-n2c(-c3ccccc3)cc(C(=O)N3CCN(C(C)=O)CC3)c2C)cc1OC. The van der Waals surface area contributed by atoms with Gasteiger partial charge in [-0.05, 0) is 30.7 Å². The molecule has 1 aromatic heterocycles. The van der Waals surface area contributed by atoms with Crippen LogP contribution in [0, 0.1) is 6.92 Å². The van der Waals surface area contributed by atoms with Gasteiger partial charge in [-0.15, -0.1) is 0 Å². The maximum atomic E-state index is 13.5. The molecule has 2 aromatic carbocycles. The highest BCUT2D eigenvalue weighted by Crippen LogP contribution is 2.34. The third-order valence-electron chi connectivity index (χ3n) is 6.18. The summed E-state index contributed by atoms with van der Waals surface area (Å²) in [5.74, 6) is 1.29. The van der Waals surface area contributed by atoms with Crippen molar-refractivity contribution < 1.29 is 19.1 Å². The highest BCUT2D eigenvalue weighted by molar-refractivity contribution is 5.97. The van der Waals surface area contributed by atoms with Crippen molar-refractivity contribution in [3.8, 4) is 28.4 Å². The predicted molar refractivity (Wildman–Crippen MR) is 127 cm³/mol. The largest absolute Gasteiger partial charge is 0.493 e. The summed E-state index contributed by atoms with van der Waals surface area (Å²) in [6, 6.07) is 17.7. The molecule has 0 radical (unpaired) electrons. The van der Waals surface area contributed by atoms with Gasteiger partial charge in [0.1, 0.15) is 0 Å². The average Bonchev–Trinajstić information content (AvgIpc) is 3.20. The van der Waals surface area contributed by atoms with E-state index in [1.807, 2.05) is 66.4 Å². The van der Waals surface area contributed by atoms with Gasteiger partial charge in [-0.1, -0.05) is 30.3 Å². The molecule has 1 aliphatic heterocycles. The molecule has 2 heterocycles. The van der Waals surface area contributed by atoms with Gasteiger partial charge in [0.15, 0.2) is 11.5 Å². The molecule has 0 atom stereocenters. The quantitative estimate of drug-likeness (QED) is 0.597. The summed E-state index contributed by atoms with van der Waals surface area (Å²) >= 11 is 0.